The summed E-state index contributed by atoms with van der Waals surface area (Å²) in [5, 5.41) is 8.94. The Balaban J connectivity index is 1.90. The number of rotatable bonds is 2. The van der Waals surface area contributed by atoms with E-state index in [-0.39, 0.29) is 5.92 Å². The molecule has 2 aromatic heterocycles. The summed E-state index contributed by atoms with van der Waals surface area (Å²) in [4.78, 5) is 19.5. The zero-order valence-corrected chi connectivity index (χ0v) is 9.08. The maximum absolute atomic E-state index is 10.9. The second-order valence-corrected chi connectivity index (χ2v) is 4.15. The summed E-state index contributed by atoms with van der Waals surface area (Å²) in [6, 6.07) is 5.66. The first-order chi connectivity index (χ1) is 8.24. The molecule has 3 rings (SSSR count). The van der Waals surface area contributed by atoms with Crippen LogP contribution in [0.3, 0.4) is 0 Å². The summed E-state index contributed by atoms with van der Waals surface area (Å²) >= 11 is 0. The van der Waals surface area contributed by atoms with Gasteiger partial charge in [-0.15, -0.1) is 0 Å². The van der Waals surface area contributed by atoms with E-state index >= 15 is 0 Å². The van der Waals surface area contributed by atoms with E-state index in [1.807, 2.05) is 29.0 Å². The molecule has 0 saturated heterocycles. The van der Waals surface area contributed by atoms with Crippen LogP contribution in [-0.2, 0) is 17.8 Å². The fourth-order valence-electron chi connectivity index (χ4n) is 2.10. The van der Waals surface area contributed by atoms with Gasteiger partial charge in [-0.3, -0.25) is 9.78 Å². The molecule has 1 N–H and O–H groups in total. The minimum absolute atomic E-state index is 0.338. The van der Waals surface area contributed by atoms with Gasteiger partial charge in [0.2, 0.25) is 0 Å². The van der Waals surface area contributed by atoms with Crippen molar-refractivity contribution in [2.45, 2.75) is 13.0 Å². The van der Waals surface area contributed by atoms with Crippen LogP contribution in [0.2, 0.25) is 0 Å². The van der Waals surface area contributed by atoms with E-state index in [1.54, 1.807) is 6.20 Å². The van der Waals surface area contributed by atoms with Crippen LogP contribution in [0.5, 0.6) is 0 Å². The molecule has 0 amide bonds. The highest BCUT2D eigenvalue weighted by Gasteiger charge is 2.28. The molecule has 0 spiro atoms. The van der Waals surface area contributed by atoms with Gasteiger partial charge in [0.05, 0.1) is 11.6 Å². The molecule has 0 aromatic carbocycles. The lowest BCUT2D eigenvalue weighted by Crippen LogP contribution is -2.14. The summed E-state index contributed by atoms with van der Waals surface area (Å²) in [7, 11) is 0. The molecule has 0 fully saturated rings. The van der Waals surface area contributed by atoms with E-state index in [2.05, 4.69) is 9.97 Å². The third-order valence-electron chi connectivity index (χ3n) is 2.98. The number of pyridine rings is 1. The molecular weight excluding hydrogens is 218 g/mol. The van der Waals surface area contributed by atoms with Crippen molar-refractivity contribution in [2.75, 3.05) is 0 Å². The smallest absolute Gasteiger partial charge is 0.308 e. The number of hydrogen-bond donors (Lipinski definition) is 1. The van der Waals surface area contributed by atoms with Crippen molar-refractivity contribution in [3.8, 4) is 11.4 Å². The van der Waals surface area contributed by atoms with E-state index in [9.17, 15) is 4.79 Å². The quantitative estimate of drug-likeness (QED) is 0.840. The summed E-state index contributed by atoms with van der Waals surface area (Å²) in [5.41, 5.74) is 1.63. The number of carbonyl (C=O) groups is 1. The Labute approximate surface area is 97.8 Å². The minimum atomic E-state index is -0.755. The third kappa shape index (κ3) is 1.69. The van der Waals surface area contributed by atoms with E-state index in [0.717, 1.165) is 17.2 Å². The number of fused-ring (bicyclic) bond motifs is 1. The average molecular weight is 229 g/mol. The Bertz CT molecular complexity index is 539. The van der Waals surface area contributed by atoms with Gasteiger partial charge in [0.25, 0.3) is 0 Å². The number of carboxylic acids is 1. The second-order valence-electron chi connectivity index (χ2n) is 4.15. The number of aliphatic carboxylic acids is 1. The van der Waals surface area contributed by atoms with Crippen molar-refractivity contribution >= 4 is 5.97 Å². The van der Waals surface area contributed by atoms with Gasteiger partial charge in [0.1, 0.15) is 11.5 Å². The van der Waals surface area contributed by atoms with Crippen LogP contribution >= 0.6 is 0 Å². The molecule has 0 radical (unpaired) electrons. The van der Waals surface area contributed by atoms with E-state index in [0.29, 0.717) is 13.0 Å². The van der Waals surface area contributed by atoms with Gasteiger partial charge in [0, 0.05) is 25.4 Å². The Morgan fingerprint density at radius 2 is 2.29 bits per heavy atom. The molecule has 0 bridgehead atoms. The third-order valence-corrected chi connectivity index (χ3v) is 2.98. The SMILES string of the molecule is O=C(O)C1Cc2nc(-c3ccccn3)cn2C1. The minimum Gasteiger partial charge on any atom is -0.481 e. The van der Waals surface area contributed by atoms with E-state index in [4.69, 9.17) is 5.11 Å². The molecule has 1 unspecified atom stereocenters. The zero-order chi connectivity index (χ0) is 11.8. The highest BCUT2D eigenvalue weighted by molar-refractivity contribution is 5.71. The van der Waals surface area contributed by atoms with Crippen LogP contribution in [0.25, 0.3) is 11.4 Å². The number of nitrogens with zero attached hydrogens (tertiary/aromatic N) is 3. The molecule has 17 heavy (non-hydrogen) atoms. The Morgan fingerprint density at radius 1 is 1.41 bits per heavy atom. The molecule has 86 valence electrons. The summed E-state index contributed by atoms with van der Waals surface area (Å²) in [5.74, 6) is -0.261. The molecule has 2 aromatic rings. The average Bonchev–Trinajstić information content (AvgIpc) is 2.87. The molecule has 5 nitrogen and oxygen atoms in total. The molecular formula is C12H11N3O2. The predicted octanol–water partition coefficient (Wildman–Crippen LogP) is 1.20. The predicted molar refractivity (Wildman–Crippen MR) is 60.3 cm³/mol. The highest BCUT2D eigenvalue weighted by atomic mass is 16.4. The standard InChI is InChI=1S/C12H11N3O2/c16-12(17)8-5-11-14-10(7-15(11)6-8)9-3-1-2-4-13-9/h1-4,7-8H,5-6H2,(H,16,17). The lowest BCUT2D eigenvalue weighted by Gasteiger charge is -2.01. The van der Waals surface area contributed by atoms with Gasteiger partial charge in [-0.2, -0.15) is 0 Å². The fraction of sp³-hybridized carbons (Fsp3) is 0.250. The maximum atomic E-state index is 10.9. The zero-order valence-electron chi connectivity index (χ0n) is 9.08. The summed E-state index contributed by atoms with van der Waals surface area (Å²) in [6.07, 6.45) is 4.10. The van der Waals surface area contributed by atoms with Gasteiger partial charge in [-0.05, 0) is 12.1 Å². The van der Waals surface area contributed by atoms with Crippen molar-refractivity contribution < 1.29 is 9.90 Å². The molecule has 1 atom stereocenters. The topological polar surface area (TPSA) is 68.0 Å². The van der Waals surface area contributed by atoms with Crippen molar-refractivity contribution in [3.63, 3.8) is 0 Å². The van der Waals surface area contributed by atoms with E-state index < -0.39 is 5.97 Å². The molecule has 0 aliphatic carbocycles. The Kier molecular flexibility index (Phi) is 2.18. The highest BCUT2D eigenvalue weighted by Crippen LogP contribution is 2.24. The van der Waals surface area contributed by atoms with Crippen LogP contribution in [-0.4, -0.2) is 25.6 Å². The van der Waals surface area contributed by atoms with Crippen LogP contribution in [0, 0.1) is 5.92 Å². The van der Waals surface area contributed by atoms with Gasteiger partial charge in [-0.25, -0.2) is 4.98 Å². The van der Waals surface area contributed by atoms with Gasteiger partial charge in [0.15, 0.2) is 0 Å². The van der Waals surface area contributed by atoms with Gasteiger partial charge in [-0.1, -0.05) is 6.07 Å². The molecule has 5 heteroatoms. The number of carboxylic acid groups (broad SMARTS) is 1. The van der Waals surface area contributed by atoms with Crippen molar-refractivity contribution in [1.82, 2.24) is 14.5 Å². The molecule has 3 heterocycles. The van der Waals surface area contributed by atoms with Crippen molar-refractivity contribution in [3.05, 3.63) is 36.4 Å². The number of aromatic nitrogens is 3. The fourth-order valence-corrected chi connectivity index (χ4v) is 2.10. The molecule has 1 aliphatic rings. The molecule has 1 aliphatic heterocycles. The van der Waals surface area contributed by atoms with Crippen molar-refractivity contribution in [1.29, 1.82) is 0 Å². The Hall–Kier alpha value is -2.17. The second kappa shape index (κ2) is 3.69. The first kappa shape index (κ1) is 10.0. The number of imidazole rings is 1. The summed E-state index contributed by atoms with van der Waals surface area (Å²) in [6.45, 7) is 0.504. The lowest BCUT2D eigenvalue weighted by molar-refractivity contribution is -0.141. The van der Waals surface area contributed by atoms with Crippen LogP contribution in [0.4, 0.5) is 0 Å². The maximum Gasteiger partial charge on any atom is 0.308 e. The van der Waals surface area contributed by atoms with Gasteiger partial charge >= 0.3 is 5.97 Å². The first-order valence-corrected chi connectivity index (χ1v) is 5.44. The monoisotopic (exact) mass is 229 g/mol. The van der Waals surface area contributed by atoms with Crippen LogP contribution < -0.4 is 0 Å². The summed E-state index contributed by atoms with van der Waals surface area (Å²) < 4.78 is 1.91. The van der Waals surface area contributed by atoms with E-state index in [1.165, 1.54) is 0 Å². The lowest BCUT2D eigenvalue weighted by atomic mass is 10.1. The number of hydrogen-bond acceptors (Lipinski definition) is 3. The van der Waals surface area contributed by atoms with Gasteiger partial charge < -0.3 is 9.67 Å². The van der Waals surface area contributed by atoms with Crippen LogP contribution in [0.15, 0.2) is 30.6 Å². The van der Waals surface area contributed by atoms with Crippen LogP contribution in [0.1, 0.15) is 5.82 Å². The first-order valence-electron chi connectivity index (χ1n) is 5.44. The van der Waals surface area contributed by atoms with Crippen molar-refractivity contribution in [2.24, 2.45) is 5.92 Å². The largest absolute Gasteiger partial charge is 0.481 e. The Morgan fingerprint density at radius 3 is 2.94 bits per heavy atom. The molecule has 0 saturated carbocycles. The normalized spacial score (nSPS) is 18.0.